The van der Waals surface area contributed by atoms with Crippen LogP contribution in [0.4, 0.5) is 0 Å². The van der Waals surface area contributed by atoms with Crippen LogP contribution in [0.3, 0.4) is 0 Å². The molecule has 1 rings (SSSR count). The lowest BCUT2D eigenvalue weighted by molar-refractivity contribution is -0.143. The third-order valence-electron chi connectivity index (χ3n) is 3.36. The van der Waals surface area contributed by atoms with Gasteiger partial charge < -0.3 is 4.74 Å². The minimum absolute atomic E-state index is 0.210. The lowest BCUT2D eigenvalue weighted by Crippen LogP contribution is -2.48. The molecular weight excluding hydrogens is 268 g/mol. The van der Waals surface area contributed by atoms with Crippen LogP contribution >= 0.6 is 0 Å². The number of esters is 1. The number of carbonyl (C=O) groups is 1. The Bertz CT molecular complexity index is 389. The minimum Gasteiger partial charge on any atom is -0.465 e. The predicted molar refractivity (Wildman–Crippen MR) is 72.8 cm³/mol. The third kappa shape index (κ3) is 4.43. The van der Waals surface area contributed by atoms with E-state index < -0.39 is 16.2 Å². The Morgan fingerprint density at radius 2 is 1.89 bits per heavy atom. The van der Waals surface area contributed by atoms with Crippen molar-refractivity contribution in [3.8, 4) is 0 Å². The molecule has 19 heavy (non-hydrogen) atoms. The van der Waals surface area contributed by atoms with Crippen molar-refractivity contribution in [3.63, 3.8) is 0 Å². The second-order valence-electron chi connectivity index (χ2n) is 4.82. The van der Waals surface area contributed by atoms with Crippen LogP contribution in [-0.4, -0.2) is 55.8 Å². The van der Waals surface area contributed by atoms with Crippen molar-refractivity contribution in [3.05, 3.63) is 0 Å². The van der Waals surface area contributed by atoms with E-state index in [1.807, 2.05) is 0 Å². The Morgan fingerprint density at radius 1 is 1.32 bits per heavy atom. The molecule has 0 aromatic heterocycles. The zero-order valence-corrected chi connectivity index (χ0v) is 12.8. The van der Waals surface area contributed by atoms with E-state index in [1.165, 1.54) is 8.61 Å². The van der Waals surface area contributed by atoms with Gasteiger partial charge in [0.2, 0.25) is 0 Å². The molecule has 1 fully saturated rings. The largest absolute Gasteiger partial charge is 0.465 e. The van der Waals surface area contributed by atoms with Crippen LogP contribution in [0.5, 0.6) is 0 Å². The molecule has 0 aromatic carbocycles. The number of hydrogen-bond donors (Lipinski definition) is 0. The van der Waals surface area contributed by atoms with Gasteiger partial charge in [-0.25, -0.2) is 0 Å². The fourth-order valence-corrected chi connectivity index (χ4v) is 3.68. The van der Waals surface area contributed by atoms with Gasteiger partial charge in [-0.2, -0.15) is 17.0 Å². The number of nitrogens with zero attached hydrogens (tertiary/aromatic N) is 2. The predicted octanol–water partition coefficient (Wildman–Crippen LogP) is 0.848. The van der Waals surface area contributed by atoms with Crippen molar-refractivity contribution in [2.45, 2.75) is 33.6 Å². The molecule has 0 N–H and O–H groups in total. The highest BCUT2D eigenvalue weighted by Gasteiger charge is 2.32. The van der Waals surface area contributed by atoms with E-state index in [0.29, 0.717) is 19.0 Å². The summed E-state index contributed by atoms with van der Waals surface area (Å²) < 4.78 is 32.3. The normalized spacial score (nSPS) is 18.7. The van der Waals surface area contributed by atoms with E-state index in [9.17, 15) is 13.2 Å². The number of piperidine rings is 1. The zero-order chi connectivity index (χ0) is 14.5. The van der Waals surface area contributed by atoms with Gasteiger partial charge in [0.25, 0.3) is 10.2 Å². The first-order chi connectivity index (χ1) is 8.91. The van der Waals surface area contributed by atoms with E-state index in [1.54, 1.807) is 13.8 Å². The molecule has 0 spiro atoms. The molecule has 0 saturated carbocycles. The molecule has 1 saturated heterocycles. The minimum atomic E-state index is -3.55. The molecule has 0 amide bonds. The van der Waals surface area contributed by atoms with Gasteiger partial charge in [0.15, 0.2) is 0 Å². The molecule has 0 radical (unpaired) electrons. The van der Waals surface area contributed by atoms with E-state index in [4.69, 9.17) is 4.74 Å². The maximum atomic E-state index is 12.4. The molecule has 0 bridgehead atoms. The number of ether oxygens (including phenoxy) is 1. The van der Waals surface area contributed by atoms with Gasteiger partial charge in [-0.05, 0) is 25.7 Å². The van der Waals surface area contributed by atoms with Crippen LogP contribution in [0.2, 0.25) is 0 Å². The average Bonchev–Trinajstić information content (AvgIpc) is 2.36. The third-order valence-corrected chi connectivity index (χ3v) is 5.42. The molecule has 0 aromatic rings. The lowest BCUT2D eigenvalue weighted by atomic mass is 10.0. The fraction of sp³-hybridized carbons (Fsp3) is 0.917. The molecule has 0 unspecified atom stereocenters. The second-order valence-corrected chi connectivity index (χ2v) is 6.75. The highest BCUT2D eigenvalue weighted by atomic mass is 32.2. The number of rotatable bonds is 6. The van der Waals surface area contributed by atoms with Crippen LogP contribution in [0, 0.1) is 5.92 Å². The van der Waals surface area contributed by atoms with Gasteiger partial charge in [0, 0.05) is 19.6 Å². The van der Waals surface area contributed by atoms with Gasteiger partial charge in [-0.3, -0.25) is 4.79 Å². The number of likely N-dealkylation sites (N-methyl/N-ethyl adjacent to an activating group) is 1. The van der Waals surface area contributed by atoms with Gasteiger partial charge in [-0.1, -0.05) is 13.8 Å². The van der Waals surface area contributed by atoms with E-state index in [-0.39, 0.29) is 19.7 Å². The monoisotopic (exact) mass is 292 g/mol. The summed E-state index contributed by atoms with van der Waals surface area (Å²) in [4.78, 5) is 11.4. The number of hydrogen-bond acceptors (Lipinski definition) is 4. The van der Waals surface area contributed by atoms with Gasteiger partial charge >= 0.3 is 5.97 Å². The van der Waals surface area contributed by atoms with Crippen molar-refractivity contribution >= 4 is 16.2 Å². The lowest BCUT2D eigenvalue weighted by Gasteiger charge is -2.33. The summed E-state index contributed by atoms with van der Waals surface area (Å²) in [5.74, 6) is 0.0601. The van der Waals surface area contributed by atoms with Crippen LogP contribution in [0.15, 0.2) is 0 Å². The summed E-state index contributed by atoms with van der Waals surface area (Å²) in [6, 6.07) is 0. The molecule has 6 nitrogen and oxygen atoms in total. The molecule has 1 aliphatic heterocycles. The summed E-state index contributed by atoms with van der Waals surface area (Å²) >= 11 is 0. The summed E-state index contributed by atoms with van der Waals surface area (Å²) in [6.45, 7) is 6.94. The SMILES string of the molecule is CCOC(=O)CN(CC)S(=O)(=O)N1CCC(C)CC1. The Balaban J connectivity index is 2.69. The summed E-state index contributed by atoms with van der Waals surface area (Å²) in [5, 5.41) is 0. The number of carbonyl (C=O) groups excluding carboxylic acids is 1. The van der Waals surface area contributed by atoms with Gasteiger partial charge in [0.05, 0.1) is 6.61 Å². The van der Waals surface area contributed by atoms with Crippen LogP contribution in [0.1, 0.15) is 33.6 Å². The Kier molecular flexibility index (Phi) is 6.22. The summed E-state index contributed by atoms with van der Waals surface area (Å²) in [5.41, 5.74) is 0. The Labute approximate surface area is 115 Å². The second kappa shape index (κ2) is 7.21. The summed E-state index contributed by atoms with van der Waals surface area (Å²) in [7, 11) is -3.55. The maximum absolute atomic E-state index is 12.4. The van der Waals surface area contributed by atoms with Crippen LogP contribution in [-0.2, 0) is 19.7 Å². The van der Waals surface area contributed by atoms with Gasteiger partial charge in [0.1, 0.15) is 6.54 Å². The van der Waals surface area contributed by atoms with Crippen LogP contribution < -0.4 is 0 Å². The smallest absolute Gasteiger partial charge is 0.321 e. The standard InChI is InChI=1S/C12H24N2O4S/c1-4-13(10-12(15)18-5-2)19(16,17)14-8-6-11(3)7-9-14/h11H,4-10H2,1-3H3. The van der Waals surface area contributed by atoms with Crippen LogP contribution in [0.25, 0.3) is 0 Å². The highest BCUT2D eigenvalue weighted by molar-refractivity contribution is 7.86. The zero-order valence-electron chi connectivity index (χ0n) is 12.0. The van der Waals surface area contributed by atoms with Crippen molar-refractivity contribution in [2.24, 2.45) is 5.92 Å². The van der Waals surface area contributed by atoms with Crippen molar-refractivity contribution in [1.29, 1.82) is 0 Å². The van der Waals surface area contributed by atoms with E-state index in [0.717, 1.165) is 12.8 Å². The molecule has 0 atom stereocenters. The van der Waals surface area contributed by atoms with Crippen molar-refractivity contribution in [1.82, 2.24) is 8.61 Å². The fourth-order valence-electron chi connectivity index (χ4n) is 2.09. The van der Waals surface area contributed by atoms with Crippen molar-refractivity contribution in [2.75, 3.05) is 32.8 Å². The molecule has 1 heterocycles. The van der Waals surface area contributed by atoms with Crippen molar-refractivity contribution < 1.29 is 17.9 Å². The summed E-state index contributed by atoms with van der Waals surface area (Å²) in [6.07, 6.45) is 1.74. The quantitative estimate of drug-likeness (QED) is 0.681. The molecule has 0 aliphatic carbocycles. The van der Waals surface area contributed by atoms with E-state index in [2.05, 4.69) is 6.92 Å². The molecule has 7 heteroatoms. The first-order valence-electron chi connectivity index (χ1n) is 6.82. The molecular formula is C12H24N2O4S. The first kappa shape index (κ1) is 16.4. The van der Waals surface area contributed by atoms with E-state index >= 15 is 0 Å². The highest BCUT2D eigenvalue weighted by Crippen LogP contribution is 2.20. The van der Waals surface area contributed by atoms with Gasteiger partial charge in [-0.15, -0.1) is 0 Å². The first-order valence-corrected chi connectivity index (χ1v) is 8.22. The molecule has 1 aliphatic rings. The average molecular weight is 292 g/mol. The Morgan fingerprint density at radius 3 is 2.37 bits per heavy atom. The Hall–Kier alpha value is -0.660. The maximum Gasteiger partial charge on any atom is 0.321 e. The molecule has 112 valence electrons. The topological polar surface area (TPSA) is 66.9 Å².